The Morgan fingerprint density at radius 1 is 1.47 bits per heavy atom. The number of hydrogen-bond acceptors (Lipinski definition) is 2. The third-order valence-electron chi connectivity index (χ3n) is 2.84. The van der Waals surface area contributed by atoms with Gasteiger partial charge in [0.2, 0.25) is 0 Å². The van der Waals surface area contributed by atoms with Gasteiger partial charge < -0.3 is 10.2 Å². The van der Waals surface area contributed by atoms with Crippen LogP contribution in [0, 0.1) is 11.3 Å². The summed E-state index contributed by atoms with van der Waals surface area (Å²) in [7, 11) is 1.94. The summed E-state index contributed by atoms with van der Waals surface area (Å²) in [5.41, 5.74) is 0. The average Bonchev–Trinajstić information content (AvgIpc) is 2.27. The van der Waals surface area contributed by atoms with Crippen molar-refractivity contribution in [2.24, 2.45) is 0 Å². The van der Waals surface area contributed by atoms with Crippen LogP contribution in [-0.4, -0.2) is 29.6 Å². The second kappa shape index (κ2) is 6.62. The fraction of sp³-hybridized carbons (Fsp3) is 0.818. The molecule has 1 aliphatic carbocycles. The Labute approximate surface area is 97.4 Å². The molecule has 0 aliphatic heterocycles. The molecule has 0 spiro atoms. The summed E-state index contributed by atoms with van der Waals surface area (Å²) in [5.74, 6) is 0. The molecule has 0 aromatic carbocycles. The Bertz CT molecular complexity index is 241. The summed E-state index contributed by atoms with van der Waals surface area (Å²) in [6, 6.07) is 2.68. The monoisotopic (exact) mass is 225 g/mol. The van der Waals surface area contributed by atoms with Crippen LogP contribution in [0.1, 0.15) is 38.5 Å². The maximum atomic E-state index is 8.48. The second-order valence-electron chi connectivity index (χ2n) is 4.11. The lowest BCUT2D eigenvalue weighted by Crippen LogP contribution is -2.43. The molecule has 1 N–H and O–H groups in total. The van der Waals surface area contributed by atoms with Gasteiger partial charge in [-0.15, -0.1) is 0 Å². The van der Waals surface area contributed by atoms with Crippen LogP contribution in [0.2, 0.25) is 0 Å². The molecule has 1 rings (SSSR count). The summed E-state index contributed by atoms with van der Waals surface area (Å²) in [6.45, 7) is 0.717. The summed E-state index contributed by atoms with van der Waals surface area (Å²) >= 11 is 5.28. The van der Waals surface area contributed by atoms with Crippen LogP contribution in [0.5, 0.6) is 0 Å². The normalized spacial score (nSPS) is 16.8. The lowest BCUT2D eigenvalue weighted by Gasteiger charge is -2.28. The van der Waals surface area contributed by atoms with E-state index in [2.05, 4.69) is 11.4 Å². The number of nitrogens with zero attached hydrogens (tertiary/aromatic N) is 2. The van der Waals surface area contributed by atoms with Crippen molar-refractivity contribution in [3.05, 3.63) is 0 Å². The molecule has 0 aromatic heterocycles. The summed E-state index contributed by atoms with van der Waals surface area (Å²) in [6.07, 6.45) is 6.96. The molecule has 84 valence electrons. The van der Waals surface area contributed by atoms with E-state index < -0.39 is 0 Å². The van der Waals surface area contributed by atoms with Crippen molar-refractivity contribution in [2.45, 2.75) is 44.6 Å². The molecule has 0 heterocycles. The Balaban J connectivity index is 2.24. The molecular formula is C11H19N3S. The molecule has 1 aliphatic rings. The van der Waals surface area contributed by atoms with Crippen molar-refractivity contribution in [1.29, 1.82) is 5.26 Å². The van der Waals surface area contributed by atoms with E-state index in [4.69, 9.17) is 17.5 Å². The zero-order chi connectivity index (χ0) is 11.1. The molecule has 0 aromatic rings. The predicted molar refractivity (Wildman–Crippen MR) is 65.5 cm³/mol. The predicted octanol–water partition coefficient (Wildman–Crippen LogP) is 2.04. The molecule has 0 unspecified atom stereocenters. The first kappa shape index (κ1) is 12.3. The molecule has 0 radical (unpaired) electrons. The highest BCUT2D eigenvalue weighted by Gasteiger charge is 2.15. The van der Waals surface area contributed by atoms with Gasteiger partial charge in [0.05, 0.1) is 12.5 Å². The zero-order valence-corrected chi connectivity index (χ0v) is 10.1. The fourth-order valence-corrected chi connectivity index (χ4v) is 2.11. The Morgan fingerprint density at radius 3 is 2.73 bits per heavy atom. The topological polar surface area (TPSA) is 39.1 Å². The van der Waals surface area contributed by atoms with Crippen LogP contribution in [0.4, 0.5) is 0 Å². The molecule has 0 bridgehead atoms. The maximum Gasteiger partial charge on any atom is 0.168 e. The lowest BCUT2D eigenvalue weighted by molar-refractivity contribution is 0.395. The Morgan fingerprint density at radius 2 is 2.13 bits per heavy atom. The fourth-order valence-electron chi connectivity index (χ4n) is 1.85. The van der Waals surface area contributed by atoms with Gasteiger partial charge in [-0.25, -0.2) is 0 Å². The van der Waals surface area contributed by atoms with Crippen LogP contribution >= 0.6 is 12.2 Å². The number of hydrogen-bond donors (Lipinski definition) is 1. The van der Waals surface area contributed by atoms with Crippen LogP contribution in [-0.2, 0) is 0 Å². The lowest BCUT2D eigenvalue weighted by atomic mass is 9.96. The second-order valence-corrected chi connectivity index (χ2v) is 4.50. The standard InChI is InChI=1S/C11H19N3S/c1-14(9-5-8-12)11(15)13-10-6-3-2-4-7-10/h10H,2-7,9H2,1H3,(H,13,15). The van der Waals surface area contributed by atoms with Gasteiger partial charge >= 0.3 is 0 Å². The molecule has 3 nitrogen and oxygen atoms in total. The van der Waals surface area contributed by atoms with Crippen molar-refractivity contribution in [1.82, 2.24) is 10.2 Å². The van der Waals surface area contributed by atoms with E-state index in [9.17, 15) is 0 Å². The van der Waals surface area contributed by atoms with Crippen molar-refractivity contribution >= 4 is 17.3 Å². The van der Waals surface area contributed by atoms with Gasteiger partial charge in [-0.1, -0.05) is 19.3 Å². The minimum atomic E-state index is 0.531. The van der Waals surface area contributed by atoms with Crippen molar-refractivity contribution in [2.75, 3.05) is 13.6 Å². The molecule has 0 atom stereocenters. The molecule has 15 heavy (non-hydrogen) atoms. The number of thiocarbonyl (C=S) groups is 1. The first-order chi connectivity index (χ1) is 7.24. The largest absolute Gasteiger partial charge is 0.360 e. The average molecular weight is 225 g/mol. The van der Waals surface area contributed by atoms with E-state index in [0.717, 1.165) is 11.7 Å². The van der Waals surface area contributed by atoms with Crippen molar-refractivity contribution in [3.8, 4) is 6.07 Å². The minimum Gasteiger partial charge on any atom is -0.360 e. The number of nitriles is 1. The number of rotatable bonds is 3. The van der Waals surface area contributed by atoms with Gasteiger partial charge in [0.15, 0.2) is 5.11 Å². The smallest absolute Gasteiger partial charge is 0.168 e. The summed E-state index contributed by atoms with van der Waals surface area (Å²) < 4.78 is 0. The van der Waals surface area contributed by atoms with E-state index in [1.807, 2.05) is 11.9 Å². The van der Waals surface area contributed by atoms with Gasteiger partial charge in [0, 0.05) is 19.6 Å². The van der Waals surface area contributed by atoms with Crippen molar-refractivity contribution in [3.63, 3.8) is 0 Å². The van der Waals surface area contributed by atoms with E-state index in [0.29, 0.717) is 12.5 Å². The van der Waals surface area contributed by atoms with Crippen LogP contribution in [0.3, 0.4) is 0 Å². The molecule has 0 saturated heterocycles. The van der Waals surface area contributed by atoms with Gasteiger partial charge in [-0.2, -0.15) is 5.26 Å². The highest BCUT2D eigenvalue weighted by molar-refractivity contribution is 7.80. The van der Waals surface area contributed by atoms with Gasteiger partial charge in [0.25, 0.3) is 0 Å². The molecule has 0 amide bonds. The Kier molecular flexibility index (Phi) is 5.41. The molecular weight excluding hydrogens is 206 g/mol. The van der Waals surface area contributed by atoms with E-state index >= 15 is 0 Å². The highest BCUT2D eigenvalue weighted by atomic mass is 32.1. The van der Waals surface area contributed by atoms with E-state index in [1.54, 1.807) is 0 Å². The molecule has 1 saturated carbocycles. The summed E-state index contributed by atoms with van der Waals surface area (Å²) in [4.78, 5) is 1.95. The van der Waals surface area contributed by atoms with Crippen molar-refractivity contribution < 1.29 is 0 Å². The third kappa shape index (κ3) is 4.48. The van der Waals surface area contributed by atoms with Gasteiger partial charge in [-0.05, 0) is 25.1 Å². The SMILES string of the molecule is CN(CCC#N)C(=S)NC1CCCCC1. The molecule has 1 fully saturated rings. The molecule has 4 heteroatoms. The zero-order valence-electron chi connectivity index (χ0n) is 9.33. The van der Waals surface area contributed by atoms with Crippen LogP contribution < -0.4 is 5.32 Å². The van der Waals surface area contributed by atoms with Crippen LogP contribution in [0.25, 0.3) is 0 Å². The quantitative estimate of drug-likeness (QED) is 0.746. The maximum absolute atomic E-state index is 8.48. The Hall–Kier alpha value is -0.820. The van der Waals surface area contributed by atoms with Gasteiger partial charge in [0.1, 0.15) is 0 Å². The first-order valence-electron chi connectivity index (χ1n) is 5.62. The van der Waals surface area contributed by atoms with E-state index in [1.165, 1.54) is 32.1 Å². The highest BCUT2D eigenvalue weighted by Crippen LogP contribution is 2.17. The van der Waals surface area contributed by atoms with Crippen LogP contribution in [0.15, 0.2) is 0 Å². The summed E-state index contributed by atoms with van der Waals surface area (Å²) in [5, 5.41) is 12.6. The first-order valence-corrected chi connectivity index (χ1v) is 6.03. The van der Waals surface area contributed by atoms with E-state index in [-0.39, 0.29) is 0 Å². The minimum absolute atomic E-state index is 0.531. The van der Waals surface area contributed by atoms with Gasteiger partial charge in [-0.3, -0.25) is 0 Å². The third-order valence-corrected chi connectivity index (χ3v) is 3.27. The number of nitrogens with one attached hydrogen (secondary N) is 1.